The highest BCUT2D eigenvalue weighted by atomic mass is 35.5. The lowest BCUT2D eigenvalue weighted by molar-refractivity contribution is 0.297. The Hall–Kier alpha value is -0.600. The van der Waals surface area contributed by atoms with Gasteiger partial charge in [-0.25, -0.2) is 4.39 Å². The van der Waals surface area contributed by atoms with Gasteiger partial charge in [-0.15, -0.1) is 0 Å². The van der Waals surface area contributed by atoms with Crippen LogP contribution in [0, 0.1) is 5.82 Å². The Morgan fingerprint density at radius 3 is 2.82 bits per heavy atom. The van der Waals surface area contributed by atoms with E-state index in [2.05, 4.69) is 0 Å². The van der Waals surface area contributed by atoms with Crippen molar-refractivity contribution in [3.63, 3.8) is 0 Å². The normalized spacial score (nSPS) is 10.1. The Labute approximate surface area is 69.4 Å². The third-order valence-electron chi connectivity index (χ3n) is 1.39. The smallest absolute Gasteiger partial charge is 0.126 e. The van der Waals surface area contributed by atoms with Gasteiger partial charge in [0, 0.05) is 11.6 Å². The van der Waals surface area contributed by atoms with Crippen molar-refractivity contribution in [1.29, 1.82) is 0 Å². The Bertz CT molecular complexity index is 250. The second-order valence-corrected chi connectivity index (χ2v) is 2.65. The van der Waals surface area contributed by atoms with Crippen LogP contribution < -0.4 is 0 Å². The summed E-state index contributed by atoms with van der Waals surface area (Å²) in [6, 6.07) is 4.30. The van der Waals surface area contributed by atoms with Gasteiger partial charge >= 0.3 is 0 Å². The number of benzene rings is 1. The summed E-state index contributed by atoms with van der Waals surface area (Å²) in [7, 11) is 0. The Kier molecular flexibility index (Phi) is 2.85. The zero-order chi connectivity index (χ0) is 8.27. The van der Waals surface area contributed by atoms with Crippen LogP contribution in [0.1, 0.15) is 5.56 Å². The van der Waals surface area contributed by atoms with Gasteiger partial charge in [0.2, 0.25) is 0 Å². The minimum atomic E-state index is -0.316. The minimum absolute atomic E-state index is 0.0583. The van der Waals surface area contributed by atoms with E-state index < -0.39 is 0 Å². The van der Waals surface area contributed by atoms with Gasteiger partial charge in [-0.3, -0.25) is 0 Å². The quantitative estimate of drug-likeness (QED) is 0.728. The van der Waals surface area contributed by atoms with Gasteiger partial charge in [0.15, 0.2) is 0 Å². The summed E-state index contributed by atoms with van der Waals surface area (Å²) >= 11 is 5.60. The topological polar surface area (TPSA) is 20.2 Å². The van der Waals surface area contributed by atoms with Gasteiger partial charge in [-0.1, -0.05) is 11.6 Å². The van der Waals surface area contributed by atoms with Gasteiger partial charge in [0.05, 0.1) is 0 Å². The third kappa shape index (κ3) is 2.17. The summed E-state index contributed by atoms with van der Waals surface area (Å²) in [5.74, 6) is -0.316. The molecular weight excluding hydrogens is 167 g/mol. The van der Waals surface area contributed by atoms with Crippen LogP contribution in [0.5, 0.6) is 0 Å². The van der Waals surface area contributed by atoms with Crippen LogP contribution in [0.2, 0.25) is 5.02 Å². The molecule has 0 aliphatic carbocycles. The predicted octanol–water partition coefficient (Wildman–Crippen LogP) is 2.01. The predicted molar refractivity (Wildman–Crippen MR) is 42.2 cm³/mol. The molecule has 0 amide bonds. The van der Waals surface area contributed by atoms with Gasteiger partial charge in [-0.2, -0.15) is 0 Å². The van der Waals surface area contributed by atoms with Crippen LogP contribution >= 0.6 is 11.6 Å². The first-order valence-electron chi connectivity index (χ1n) is 3.29. The molecule has 0 saturated carbocycles. The molecule has 1 N–H and O–H groups in total. The maximum atomic E-state index is 12.8. The molecule has 1 aromatic carbocycles. The molecule has 0 radical (unpaired) electrons. The molecule has 1 aromatic rings. The summed E-state index contributed by atoms with van der Waals surface area (Å²) in [6.07, 6.45) is 0.312. The summed E-state index contributed by atoms with van der Waals surface area (Å²) in [5.41, 5.74) is 0.458. The van der Waals surface area contributed by atoms with E-state index in [-0.39, 0.29) is 12.4 Å². The fraction of sp³-hybridized carbons (Fsp3) is 0.250. The van der Waals surface area contributed by atoms with Gasteiger partial charge in [0.25, 0.3) is 0 Å². The summed E-state index contributed by atoms with van der Waals surface area (Å²) < 4.78 is 12.8. The summed E-state index contributed by atoms with van der Waals surface area (Å²) in [6.45, 7) is -0.0583. The Balaban J connectivity index is 2.93. The van der Waals surface area contributed by atoms with Crippen molar-refractivity contribution >= 4 is 11.6 Å². The van der Waals surface area contributed by atoms with E-state index in [1.807, 2.05) is 0 Å². The molecule has 0 aliphatic rings. The monoisotopic (exact) mass is 174 g/mol. The first-order chi connectivity index (χ1) is 5.24. The summed E-state index contributed by atoms with van der Waals surface area (Å²) in [5, 5.41) is 9.02. The zero-order valence-corrected chi connectivity index (χ0v) is 6.61. The lowest BCUT2D eigenvalue weighted by Crippen LogP contribution is -1.94. The molecule has 0 saturated heterocycles. The van der Waals surface area contributed by atoms with Crippen molar-refractivity contribution in [3.05, 3.63) is 34.6 Å². The Morgan fingerprint density at radius 1 is 1.45 bits per heavy atom. The molecule has 0 aromatic heterocycles. The van der Waals surface area contributed by atoms with E-state index in [0.717, 1.165) is 0 Å². The number of hydrogen-bond acceptors (Lipinski definition) is 1. The molecule has 0 heterocycles. The van der Waals surface area contributed by atoms with E-state index in [1.54, 1.807) is 0 Å². The van der Waals surface area contributed by atoms with Gasteiger partial charge in [-0.05, 0) is 30.2 Å². The standard InChI is InChI=1S/C8H8ClFO/c9-7-1-2-8(10)6(5-7)3-4-11/h1-2,5,11H,3-4H2. The molecular formula is C8H8ClFO. The molecule has 3 heteroatoms. The van der Waals surface area contributed by atoms with Crippen LogP contribution in [0.25, 0.3) is 0 Å². The average Bonchev–Trinajstić information content (AvgIpc) is 1.98. The highest BCUT2D eigenvalue weighted by Crippen LogP contribution is 2.14. The first kappa shape index (κ1) is 8.50. The highest BCUT2D eigenvalue weighted by molar-refractivity contribution is 6.30. The SMILES string of the molecule is OCCc1cc(Cl)ccc1F. The molecule has 1 nitrogen and oxygen atoms in total. The lowest BCUT2D eigenvalue weighted by atomic mass is 10.1. The molecule has 60 valence electrons. The van der Waals surface area contributed by atoms with Crippen molar-refractivity contribution in [2.75, 3.05) is 6.61 Å². The van der Waals surface area contributed by atoms with E-state index >= 15 is 0 Å². The lowest BCUT2D eigenvalue weighted by Gasteiger charge is -1.99. The van der Waals surface area contributed by atoms with E-state index in [9.17, 15) is 4.39 Å². The Morgan fingerprint density at radius 2 is 2.18 bits per heavy atom. The van der Waals surface area contributed by atoms with Crippen LogP contribution in [-0.2, 0) is 6.42 Å². The maximum Gasteiger partial charge on any atom is 0.126 e. The van der Waals surface area contributed by atoms with Gasteiger partial charge in [0.1, 0.15) is 5.82 Å². The van der Waals surface area contributed by atoms with Crippen LogP contribution in [0.4, 0.5) is 4.39 Å². The van der Waals surface area contributed by atoms with Crippen LogP contribution in [0.3, 0.4) is 0 Å². The number of halogens is 2. The van der Waals surface area contributed by atoms with E-state index in [0.29, 0.717) is 17.0 Å². The highest BCUT2D eigenvalue weighted by Gasteiger charge is 2.00. The molecule has 0 fully saturated rings. The van der Waals surface area contributed by atoms with Crippen molar-refractivity contribution < 1.29 is 9.50 Å². The first-order valence-corrected chi connectivity index (χ1v) is 3.66. The van der Waals surface area contributed by atoms with E-state index in [1.165, 1.54) is 18.2 Å². The van der Waals surface area contributed by atoms with Crippen LogP contribution in [-0.4, -0.2) is 11.7 Å². The average molecular weight is 175 g/mol. The minimum Gasteiger partial charge on any atom is -0.396 e. The number of rotatable bonds is 2. The zero-order valence-electron chi connectivity index (χ0n) is 5.85. The summed E-state index contributed by atoms with van der Waals surface area (Å²) in [4.78, 5) is 0. The van der Waals surface area contributed by atoms with Crippen molar-refractivity contribution in [1.82, 2.24) is 0 Å². The second-order valence-electron chi connectivity index (χ2n) is 2.21. The number of aliphatic hydroxyl groups excluding tert-OH is 1. The maximum absolute atomic E-state index is 12.8. The van der Waals surface area contributed by atoms with Crippen molar-refractivity contribution in [2.45, 2.75) is 6.42 Å². The van der Waals surface area contributed by atoms with Gasteiger partial charge < -0.3 is 5.11 Å². The fourth-order valence-corrected chi connectivity index (χ4v) is 1.05. The number of hydrogen-bond donors (Lipinski definition) is 1. The molecule has 0 bridgehead atoms. The molecule has 0 unspecified atom stereocenters. The van der Waals surface area contributed by atoms with Crippen molar-refractivity contribution in [3.8, 4) is 0 Å². The van der Waals surface area contributed by atoms with Crippen molar-refractivity contribution in [2.24, 2.45) is 0 Å². The van der Waals surface area contributed by atoms with E-state index in [4.69, 9.17) is 16.7 Å². The molecule has 0 spiro atoms. The molecule has 1 rings (SSSR count). The largest absolute Gasteiger partial charge is 0.396 e. The number of aliphatic hydroxyl groups is 1. The third-order valence-corrected chi connectivity index (χ3v) is 1.62. The van der Waals surface area contributed by atoms with Crippen LogP contribution in [0.15, 0.2) is 18.2 Å². The molecule has 0 aliphatic heterocycles. The molecule has 0 atom stereocenters. The fourth-order valence-electron chi connectivity index (χ4n) is 0.855. The second kappa shape index (κ2) is 3.69. The molecule has 11 heavy (non-hydrogen) atoms.